The lowest BCUT2D eigenvalue weighted by molar-refractivity contribution is 0.103. The molecule has 0 atom stereocenters. The van der Waals surface area contributed by atoms with Gasteiger partial charge in [0.1, 0.15) is 0 Å². The number of ketones is 1. The van der Waals surface area contributed by atoms with Crippen molar-refractivity contribution in [2.75, 3.05) is 0 Å². The zero-order valence-electron chi connectivity index (χ0n) is 8.58. The third-order valence-electron chi connectivity index (χ3n) is 2.29. The van der Waals surface area contributed by atoms with Gasteiger partial charge in [0.15, 0.2) is 5.78 Å². The van der Waals surface area contributed by atoms with Crippen LogP contribution < -0.4 is 0 Å². The fraction of sp³-hybridized carbons (Fsp3) is 0. The van der Waals surface area contributed by atoms with Crippen LogP contribution in [-0.4, -0.2) is 5.78 Å². The highest BCUT2D eigenvalue weighted by atomic mass is 127. The molecule has 0 amide bonds. The molecule has 0 N–H and O–H groups in total. The Hall–Kier alpha value is -0.390. The lowest BCUT2D eigenvalue weighted by Gasteiger charge is -2.06. The van der Waals surface area contributed by atoms with Gasteiger partial charge in [0.2, 0.25) is 0 Å². The van der Waals surface area contributed by atoms with Crippen LogP contribution in [0, 0.1) is 3.57 Å². The van der Waals surface area contributed by atoms with E-state index < -0.39 is 0 Å². The Bertz CT molecular complexity index is 583. The summed E-state index contributed by atoms with van der Waals surface area (Å²) in [6.07, 6.45) is 0. The molecule has 0 aliphatic rings. The maximum Gasteiger partial charge on any atom is 0.195 e. The van der Waals surface area contributed by atoms with Crippen molar-refractivity contribution in [2.24, 2.45) is 0 Å². The van der Waals surface area contributed by atoms with Crippen molar-refractivity contribution in [3.05, 3.63) is 66.7 Å². The van der Waals surface area contributed by atoms with Crippen molar-refractivity contribution < 1.29 is 4.79 Å². The van der Waals surface area contributed by atoms with Gasteiger partial charge in [0.05, 0.1) is 5.02 Å². The largest absolute Gasteiger partial charge is 0.289 e. The Morgan fingerprint density at radius 3 is 2.53 bits per heavy atom. The Morgan fingerprint density at radius 2 is 1.82 bits per heavy atom. The minimum absolute atomic E-state index is 0.0544. The van der Waals surface area contributed by atoms with Gasteiger partial charge in [-0.1, -0.05) is 39.7 Å². The highest BCUT2D eigenvalue weighted by Crippen LogP contribution is 2.24. The van der Waals surface area contributed by atoms with Crippen LogP contribution in [0.2, 0.25) is 5.02 Å². The zero-order valence-corrected chi connectivity index (χ0v) is 13.1. The lowest BCUT2D eigenvalue weighted by Crippen LogP contribution is -2.04. The number of hydrogen-bond acceptors (Lipinski definition) is 1. The lowest BCUT2D eigenvalue weighted by atomic mass is 10.0. The summed E-state index contributed by atoms with van der Waals surface area (Å²) in [7, 11) is 0. The molecule has 1 nitrogen and oxygen atoms in total. The number of hydrogen-bond donors (Lipinski definition) is 0. The van der Waals surface area contributed by atoms with Crippen molar-refractivity contribution >= 4 is 55.9 Å². The van der Waals surface area contributed by atoms with E-state index in [2.05, 4.69) is 38.5 Å². The minimum atomic E-state index is -0.0544. The molecule has 2 rings (SSSR count). The molecular formula is C13H7BrClIO. The van der Waals surface area contributed by atoms with Gasteiger partial charge < -0.3 is 0 Å². The Morgan fingerprint density at radius 1 is 1.12 bits per heavy atom. The van der Waals surface area contributed by atoms with Crippen LogP contribution >= 0.6 is 50.1 Å². The molecule has 0 unspecified atom stereocenters. The molecule has 0 spiro atoms. The van der Waals surface area contributed by atoms with Crippen LogP contribution in [-0.2, 0) is 0 Å². The molecule has 0 bridgehead atoms. The SMILES string of the molecule is O=C(c1ccccc1Cl)c1cc(Br)ccc1I. The summed E-state index contributed by atoms with van der Waals surface area (Å²) in [6, 6.07) is 12.7. The molecule has 86 valence electrons. The van der Waals surface area contributed by atoms with E-state index in [9.17, 15) is 4.79 Å². The molecule has 0 heterocycles. The molecule has 17 heavy (non-hydrogen) atoms. The van der Waals surface area contributed by atoms with Gasteiger partial charge in [-0.2, -0.15) is 0 Å². The van der Waals surface area contributed by atoms with E-state index in [1.54, 1.807) is 12.1 Å². The minimum Gasteiger partial charge on any atom is -0.289 e. The predicted octanol–water partition coefficient (Wildman–Crippen LogP) is 4.94. The van der Waals surface area contributed by atoms with Gasteiger partial charge >= 0.3 is 0 Å². The van der Waals surface area contributed by atoms with E-state index in [1.165, 1.54) is 0 Å². The first kappa shape index (κ1) is 13.1. The van der Waals surface area contributed by atoms with E-state index in [0.717, 1.165) is 8.04 Å². The highest BCUT2D eigenvalue weighted by Gasteiger charge is 2.15. The average molecular weight is 421 g/mol. The molecule has 2 aromatic carbocycles. The second-order valence-corrected chi connectivity index (χ2v) is 5.92. The van der Waals surface area contributed by atoms with Crippen molar-refractivity contribution in [1.82, 2.24) is 0 Å². The van der Waals surface area contributed by atoms with E-state index in [-0.39, 0.29) is 5.78 Å². The number of halogens is 3. The fourth-order valence-corrected chi connectivity index (χ4v) is 2.63. The molecule has 0 radical (unpaired) electrons. The number of benzene rings is 2. The van der Waals surface area contributed by atoms with Crippen molar-refractivity contribution in [1.29, 1.82) is 0 Å². The zero-order chi connectivity index (χ0) is 12.4. The molecule has 0 fully saturated rings. The van der Waals surface area contributed by atoms with Crippen molar-refractivity contribution in [2.45, 2.75) is 0 Å². The summed E-state index contributed by atoms with van der Waals surface area (Å²) < 4.78 is 1.80. The molecule has 0 aliphatic carbocycles. The number of rotatable bonds is 2. The maximum atomic E-state index is 12.3. The smallest absolute Gasteiger partial charge is 0.195 e. The summed E-state index contributed by atoms with van der Waals surface area (Å²) >= 11 is 11.5. The van der Waals surface area contributed by atoms with Crippen LogP contribution in [0.5, 0.6) is 0 Å². The topological polar surface area (TPSA) is 17.1 Å². The quantitative estimate of drug-likeness (QED) is 0.496. The monoisotopic (exact) mass is 420 g/mol. The highest BCUT2D eigenvalue weighted by molar-refractivity contribution is 14.1. The van der Waals surface area contributed by atoms with Gasteiger partial charge in [-0.25, -0.2) is 0 Å². The second-order valence-electron chi connectivity index (χ2n) is 3.43. The summed E-state index contributed by atoms with van der Waals surface area (Å²) in [5.41, 5.74) is 1.19. The van der Waals surface area contributed by atoms with Crippen LogP contribution in [0.3, 0.4) is 0 Å². The molecule has 0 aromatic heterocycles. The summed E-state index contributed by atoms with van der Waals surface area (Å²) in [4.78, 5) is 12.3. The number of carbonyl (C=O) groups excluding carboxylic acids is 1. The van der Waals surface area contributed by atoms with Crippen molar-refractivity contribution in [3.63, 3.8) is 0 Å². The number of carbonyl (C=O) groups is 1. The summed E-state index contributed by atoms with van der Waals surface area (Å²) in [5.74, 6) is -0.0544. The third-order valence-corrected chi connectivity index (χ3v) is 4.06. The Labute approximate surface area is 126 Å². The Balaban J connectivity index is 2.51. The van der Waals surface area contributed by atoms with E-state index in [4.69, 9.17) is 11.6 Å². The first-order chi connectivity index (χ1) is 8.09. The second kappa shape index (κ2) is 5.50. The van der Waals surface area contributed by atoms with E-state index in [1.807, 2.05) is 30.3 Å². The molecular weight excluding hydrogens is 414 g/mol. The Kier molecular flexibility index (Phi) is 4.22. The van der Waals surface area contributed by atoms with Gasteiger partial charge in [-0.3, -0.25) is 4.79 Å². The van der Waals surface area contributed by atoms with Crippen molar-refractivity contribution in [3.8, 4) is 0 Å². The maximum absolute atomic E-state index is 12.3. The molecule has 0 aliphatic heterocycles. The predicted molar refractivity (Wildman–Crippen MR) is 81.7 cm³/mol. The van der Waals surface area contributed by atoms with Crippen LogP contribution in [0.4, 0.5) is 0 Å². The van der Waals surface area contributed by atoms with E-state index in [0.29, 0.717) is 16.1 Å². The van der Waals surface area contributed by atoms with Gasteiger partial charge in [0, 0.05) is 19.2 Å². The normalized spacial score (nSPS) is 10.3. The molecule has 0 saturated carbocycles. The standard InChI is InChI=1S/C13H7BrClIO/c14-8-5-6-12(16)10(7-8)13(17)9-3-1-2-4-11(9)15/h1-7H. The average Bonchev–Trinajstić information content (AvgIpc) is 2.32. The van der Waals surface area contributed by atoms with Crippen LogP contribution in [0.1, 0.15) is 15.9 Å². The molecule has 0 saturated heterocycles. The fourth-order valence-electron chi connectivity index (χ4n) is 1.46. The third kappa shape index (κ3) is 2.89. The summed E-state index contributed by atoms with van der Waals surface area (Å²) in [5, 5.41) is 0.480. The van der Waals surface area contributed by atoms with Gasteiger partial charge in [-0.05, 0) is 52.9 Å². The first-order valence-corrected chi connectivity index (χ1v) is 7.09. The van der Waals surface area contributed by atoms with Gasteiger partial charge in [-0.15, -0.1) is 0 Å². The van der Waals surface area contributed by atoms with Crippen LogP contribution in [0.25, 0.3) is 0 Å². The molecule has 2 aromatic rings. The van der Waals surface area contributed by atoms with Gasteiger partial charge in [0.25, 0.3) is 0 Å². The van der Waals surface area contributed by atoms with E-state index >= 15 is 0 Å². The van der Waals surface area contributed by atoms with Crippen LogP contribution in [0.15, 0.2) is 46.9 Å². The first-order valence-electron chi connectivity index (χ1n) is 4.84. The molecule has 4 heteroatoms. The summed E-state index contributed by atoms with van der Waals surface area (Å²) in [6.45, 7) is 0.